The zero-order chi connectivity index (χ0) is 11.7. The van der Waals surface area contributed by atoms with Crippen LogP contribution in [-0.2, 0) is 6.54 Å². The van der Waals surface area contributed by atoms with Crippen LogP contribution in [0.2, 0.25) is 0 Å². The Labute approximate surface area is 92.2 Å². The van der Waals surface area contributed by atoms with Crippen LogP contribution in [0.15, 0.2) is 18.2 Å². The molecule has 0 aliphatic heterocycles. The number of ether oxygens (including phenoxy) is 1. The Bertz CT molecular complexity index is 545. The molecule has 16 heavy (non-hydrogen) atoms. The Morgan fingerprint density at radius 2 is 2.31 bits per heavy atom. The molecule has 0 saturated heterocycles. The molecule has 5 heteroatoms. The maximum Gasteiger partial charge on any atom is 0.354 e. The van der Waals surface area contributed by atoms with Gasteiger partial charge in [0.2, 0.25) is 0 Å². The molecule has 1 N–H and O–H groups in total. The van der Waals surface area contributed by atoms with Crippen LogP contribution in [-0.4, -0.2) is 28.0 Å². The van der Waals surface area contributed by atoms with E-state index >= 15 is 0 Å². The minimum atomic E-state index is -0.963. The van der Waals surface area contributed by atoms with Gasteiger partial charge in [0, 0.05) is 18.0 Å². The van der Waals surface area contributed by atoms with E-state index in [0.29, 0.717) is 23.2 Å². The third kappa shape index (κ3) is 1.50. The average Bonchev–Trinajstić information content (AvgIpc) is 2.65. The first-order valence-corrected chi connectivity index (χ1v) is 4.95. The van der Waals surface area contributed by atoms with Gasteiger partial charge in [-0.15, -0.1) is 0 Å². The van der Waals surface area contributed by atoms with Gasteiger partial charge in [-0.05, 0) is 19.1 Å². The van der Waals surface area contributed by atoms with E-state index in [0.717, 1.165) is 0 Å². The number of hydrogen-bond acceptors (Lipinski definition) is 3. The molecule has 0 aliphatic carbocycles. The molecule has 0 spiro atoms. The van der Waals surface area contributed by atoms with E-state index in [-0.39, 0.29) is 5.69 Å². The normalized spacial score (nSPS) is 10.6. The van der Waals surface area contributed by atoms with E-state index in [9.17, 15) is 4.79 Å². The van der Waals surface area contributed by atoms with Gasteiger partial charge in [0.05, 0.1) is 12.6 Å². The molecule has 5 nitrogen and oxygen atoms in total. The summed E-state index contributed by atoms with van der Waals surface area (Å²) in [7, 11) is 1.57. The Balaban J connectivity index is 2.72. The second kappa shape index (κ2) is 3.84. The molecule has 0 bridgehead atoms. The Kier molecular flexibility index (Phi) is 2.52. The predicted octanol–water partition coefficient (Wildman–Crippen LogP) is 1.76. The van der Waals surface area contributed by atoms with Crippen molar-refractivity contribution < 1.29 is 14.6 Å². The summed E-state index contributed by atoms with van der Waals surface area (Å²) in [4.78, 5) is 11.1. The maximum atomic E-state index is 11.1. The summed E-state index contributed by atoms with van der Waals surface area (Å²) in [6, 6.07) is 5.18. The predicted molar refractivity (Wildman–Crippen MR) is 58.9 cm³/mol. The highest BCUT2D eigenvalue weighted by Crippen LogP contribution is 2.23. The van der Waals surface area contributed by atoms with Crippen LogP contribution in [0.5, 0.6) is 5.75 Å². The second-order valence-electron chi connectivity index (χ2n) is 3.35. The lowest BCUT2D eigenvalue weighted by molar-refractivity contribution is 0.0685. The number of carboxylic acids is 1. The number of aryl methyl sites for hydroxylation is 1. The van der Waals surface area contributed by atoms with E-state index in [4.69, 9.17) is 9.84 Å². The van der Waals surface area contributed by atoms with Crippen LogP contribution in [0.25, 0.3) is 10.9 Å². The second-order valence-corrected chi connectivity index (χ2v) is 3.35. The topological polar surface area (TPSA) is 64.4 Å². The van der Waals surface area contributed by atoms with Crippen LogP contribution in [0, 0.1) is 0 Å². The van der Waals surface area contributed by atoms with Crippen LogP contribution in [0.4, 0.5) is 0 Å². The molecule has 1 aromatic heterocycles. The summed E-state index contributed by atoms with van der Waals surface area (Å²) in [6.07, 6.45) is 0. The fourth-order valence-corrected chi connectivity index (χ4v) is 1.69. The number of aromatic carboxylic acids is 1. The first-order chi connectivity index (χ1) is 7.67. The highest BCUT2D eigenvalue weighted by Gasteiger charge is 2.16. The summed E-state index contributed by atoms with van der Waals surface area (Å²) >= 11 is 0. The van der Waals surface area contributed by atoms with Crippen molar-refractivity contribution in [3.8, 4) is 5.75 Å². The van der Waals surface area contributed by atoms with E-state index in [1.807, 2.05) is 6.92 Å². The lowest BCUT2D eigenvalue weighted by Crippen LogP contribution is -2.08. The van der Waals surface area contributed by atoms with Crippen LogP contribution < -0.4 is 4.74 Å². The molecule has 0 aliphatic rings. The van der Waals surface area contributed by atoms with Gasteiger partial charge in [-0.3, -0.25) is 4.68 Å². The number of carboxylic acid groups (broad SMARTS) is 1. The van der Waals surface area contributed by atoms with Crippen LogP contribution >= 0.6 is 0 Å². The lowest BCUT2D eigenvalue weighted by Gasteiger charge is -1.99. The summed E-state index contributed by atoms with van der Waals surface area (Å²) in [6.45, 7) is 2.38. The highest BCUT2D eigenvalue weighted by molar-refractivity contribution is 6.01. The zero-order valence-corrected chi connectivity index (χ0v) is 9.10. The number of aromatic nitrogens is 2. The van der Waals surface area contributed by atoms with Gasteiger partial charge in [-0.1, -0.05) is 0 Å². The average molecular weight is 220 g/mol. The van der Waals surface area contributed by atoms with Crippen molar-refractivity contribution in [3.63, 3.8) is 0 Å². The van der Waals surface area contributed by atoms with E-state index in [1.54, 1.807) is 25.3 Å². The fraction of sp³-hybridized carbons (Fsp3) is 0.273. The Morgan fingerprint density at radius 3 is 2.88 bits per heavy atom. The molecular weight excluding hydrogens is 208 g/mol. The summed E-state index contributed by atoms with van der Waals surface area (Å²) in [5.74, 6) is -0.292. The largest absolute Gasteiger partial charge is 0.497 e. The van der Waals surface area contributed by atoms with E-state index in [2.05, 4.69) is 5.10 Å². The quantitative estimate of drug-likeness (QED) is 0.856. The number of carbonyl (C=O) groups is 1. The molecule has 2 rings (SSSR count). The van der Waals surface area contributed by atoms with Gasteiger partial charge in [-0.2, -0.15) is 5.10 Å². The number of rotatable bonds is 3. The monoisotopic (exact) mass is 220 g/mol. The SMILES string of the molecule is CCn1nc2cc(OC)ccc2c1C(=O)O. The number of hydrogen-bond donors (Lipinski definition) is 1. The fourth-order valence-electron chi connectivity index (χ4n) is 1.69. The van der Waals surface area contributed by atoms with Gasteiger partial charge < -0.3 is 9.84 Å². The molecule has 2 aromatic rings. The molecule has 0 amide bonds. The van der Waals surface area contributed by atoms with Crippen molar-refractivity contribution in [2.45, 2.75) is 13.5 Å². The number of methoxy groups -OCH3 is 1. The van der Waals surface area contributed by atoms with Gasteiger partial charge in [0.25, 0.3) is 0 Å². The van der Waals surface area contributed by atoms with Crippen molar-refractivity contribution in [3.05, 3.63) is 23.9 Å². The maximum absolute atomic E-state index is 11.1. The van der Waals surface area contributed by atoms with Crippen molar-refractivity contribution in [2.75, 3.05) is 7.11 Å². The minimum Gasteiger partial charge on any atom is -0.497 e. The highest BCUT2D eigenvalue weighted by atomic mass is 16.5. The molecule has 0 atom stereocenters. The first-order valence-electron chi connectivity index (χ1n) is 4.95. The van der Waals surface area contributed by atoms with Gasteiger partial charge >= 0.3 is 5.97 Å². The molecule has 84 valence electrons. The summed E-state index contributed by atoms with van der Waals surface area (Å²) < 4.78 is 6.55. The smallest absolute Gasteiger partial charge is 0.354 e. The van der Waals surface area contributed by atoms with E-state index in [1.165, 1.54) is 4.68 Å². The number of benzene rings is 1. The molecule has 0 radical (unpaired) electrons. The zero-order valence-electron chi connectivity index (χ0n) is 9.10. The molecule has 1 aromatic carbocycles. The summed E-state index contributed by atoms with van der Waals surface area (Å²) in [5, 5.41) is 14.0. The van der Waals surface area contributed by atoms with Gasteiger partial charge in [0.15, 0.2) is 5.69 Å². The lowest BCUT2D eigenvalue weighted by atomic mass is 10.2. The van der Waals surface area contributed by atoms with Crippen molar-refractivity contribution in [1.82, 2.24) is 9.78 Å². The molecular formula is C11H12N2O3. The molecule has 1 heterocycles. The standard InChI is InChI=1S/C11H12N2O3/c1-3-13-10(11(14)15)8-5-4-7(16-2)6-9(8)12-13/h4-6H,3H2,1-2H3,(H,14,15). The summed E-state index contributed by atoms with van der Waals surface area (Å²) in [5.41, 5.74) is 0.860. The number of nitrogens with zero attached hydrogens (tertiary/aromatic N) is 2. The molecule has 0 saturated carbocycles. The third-order valence-corrected chi connectivity index (χ3v) is 2.45. The van der Waals surface area contributed by atoms with Gasteiger partial charge in [-0.25, -0.2) is 4.79 Å². The first kappa shape index (κ1) is 10.5. The van der Waals surface area contributed by atoms with E-state index < -0.39 is 5.97 Å². The molecule has 0 unspecified atom stereocenters. The van der Waals surface area contributed by atoms with Crippen molar-refractivity contribution >= 4 is 16.9 Å². The number of fused-ring (bicyclic) bond motifs is 1. The Hall–Kier alpha value is -2.04. The van der Waals surface area contributed by atoms with Gasteiger partial charge in [0.1, 0.15) is 5.75 Å². The van der Waals surface area contributed by atoms with Crippen LogP contribution in [0.3, 0.4) is 0 Å². The van der Waals surface area contributed by atoms with Crippen molar-refractivity contribution in [1.29, 1.82) is 0 Å². The Morgan fingerprint density at radius 1 is 1.56 bits per heavy atom. The van der Waals surface area contributed by atoms with Crippen LogP contribution in [0.1, 0.15) is 17.4 Å². The van der Waals surface area contributed by atoms with Crippen molar-refractivity contribution in [2.24, 2.45) is 0 Å². The third-order valence-electron chi connectivity index (χ3n) is 2.45. The molecule has 0 fully saturated rings. The minimum absolute atomic E-state index is 0.222.